The summed E-state index contributed by atoms with van der Waals surface area (Å²) in [7, 11) is 5.37. The van der Waals surface area contributed by atoms with E-state index in [-0.39, 0.29) is 18.3 Å². The molecule has 18 heavy (non-hydrogen) atoms. The van der Waals surface area contributed by atoms with E-state index in [4.69, 9.17) is 0 Å². The quantitative estimate of drug-likeness (QED) is 0.835. The van der Waals surface area contributed by atoms with Gasteiger partial charge in [0.15, 0.2) is 0 Å². The van der Waals surface area contributed by atoms with Gasteiger partial charge >= 0.3 is 0 Å². The number of hydrogen-bond acceptors (Lipinski definition) is 2. The highest BCUT2D eigenvalue weighted by Crippen LogP contribution is 2.19. The van der Waals surface area contributed by atoms with E-state index in [1.807, 2.05) is 37.5 Å². The zero-order chi connectivity index (χ0) is 12.4. The van der Waals surface area contributed by atoms with Crippen LogP contribution >= 0.6 is 12.4 Å². The van der Waals surface area contributed by atoms with Crippen LogP contribution in [-0.2, 0) is 7.05 Å². The number of benzene rings is 1. The van der Waals surface area contributed by atoms with Crippen molar-refractivity contribution in [3.63, 3.8) is 0 Å². The zero-order valence-electron chi connectivity index (χ0n) is 10.6. The van der Waals surface area contributed by atoms with E-state index in [9.17, 15) is 4.79 Å². The lowest BCUT2D eigenvalue weighted by Gasteiger charge is -2.10. The third-order valence-electron chi connectivity index (χ3n) is 2.55. The summed E-state index contributed by atoms with van der Waals surface area (Å²) in [5.41, 5.74) is 2.71. The molecular formula is C13H16ClN3O. The summed E-state index contributed by atoms with van der Waals surface area (Å²) < 4.78 is 1.75. The average molecular weight is 266 g/mol. The normalized spacial score (nSPS) is 9.72. The van der Waals surface area contributed by atoms with Gasteiger partial charge in [0.05, 0.1) is 6.20 Å². The van der Waals surface area contributed by atoms with Crippen molar-refractivity contribution in [2.24, 2.45) is 7.05 Å². The largest absolute Gasteiger partial charge is 0.345 e. The Morgan fingerprint density at radius 2 is 2.00 bits per heavy atom. The number of amides is 1. The van der Waals surface area contributed by atoms with Crippen LogP contribution in [0.25, 0.3) is 11.1 Å². The highest BCUT2D eigenvalue weighted by Gasteiger charge is 2.09. The molecule has 1 aromatic carbocycles. The molecule has 0 saturated carbocycles. The Morgan fingerprint density at radius 3 is 2.56 bits per heavy atom. The molecule has 0 unspecified atom stereocenters. The van der Waals surface area contributed by atoms with Crippen LogP contribution in [0.4, 0.5) is 0 Å². The molecule has 2 aromatic rings. The third kappa shape index (κ3) is 2.90. The van der Waals surface area contributed by atoms with Gasteiger partial charge in [0.1, 0.15) is 0 Å². The zero-order valence-corrected chi connectivity index (χ0v) is 11.4. The van der Waals surface area contributed by atoms with Gasteiger partial charge in [0, 0.05) is 38.5 Å². The Bertz CT molecular complexity index is 549. The number of carbonyl (C=O) groups excluding carboxylic acids is 1. The summed E-state index contributed by atoms with van der Waals surface area (Å²) >= 11 is 0. The van der Waals surface area contributed by atoms with Gasteiger partial charge in [-0.3, -0.25) is 9.48 Å². The van der Waals surface area contributed by atoms with Crippen molar-refractivity contribution in [2.75, 3.05) is 14.1 Å². The molecule has 0 aliphatic heterocycles. The Hall–Kier alpha value is -1.81. The summed E-state index contributed by atoms with van der Waals surface area (Å²) in [5.74, 6) is 0.00994. The molecule has 0 aliphatic carbocycles. The Kier molecular flexibility index (Phi) is 4.50. The van der Waals surface area contributed by atoms with Gasteiger partial charge in [0.25, 0.3) is 5.91 Å². The first-order valence-electron chi connectivity index (χ1n) is 5.38. The molecule has 0 fully saturated rings. The topological polar surface area (TPSA) is 38.1 Å². The van der Waals surface area contributed by atoms with Gasteiger partial charge in [-0.05, 0) is 17.7 Å². The summed E-state index contributed by atoms with van der Waals surface area (Å²) in [6, 6.07) is 7.57. The minimum atomic E-state index is 0. The van der Waals surface area contributed by atoms with E-state index in [2.05, 4.69) is 5.10 Å². The summed E-state index contributed by atoms with van der Waals surface area (Å²) in [5, 5.41) is 4.12. The number of halogens is 1. The summed E-state index contributed by atoms with van der Waals surface area (Å²) in [4.78, 5) is 13.4. The Labute approximate surface area is 113 Å². The molecule has 1 heterocycles. The fourth-order valence-electron chi connectivity index (χ4n) is 1.66. The van der Waals surface area contributed by atoms with Crippen molar-refractivity contribution in [1.29, 1.82) is 0 Å². The molecular weight excluding hydrogens is 250 g/mol. The minimum Gasteiger partial charge on any atom is -0.345 e. The van der Waals surface area contributed by atoms with Gasteiger partial charge < -0.3 is 4.90 Å². The number of hydrogen-bond donors (Lipinski definition) is 0. The summed E-state index contributed by atoms with van der Waals surface area (Å²) in [6.45, 7) is 0. The van der Waals surface area contributed by atoms with Crippen LogP contribution in [0.2, 0.25) is 0 Å². The highest BCUT2D eigenvalue weighted by molar-refractivity contribution is 5.95. The van der Waals surface area contributed by atoms with Gasteiger partial charge in [-0.25, -0.2) is 0 Å². The van der Waals surface area contributed by atoms with Crippen LogP contribution in [0.3, 0.4) is 0 Å². The monoisotopic (exact) mass is 265 g/mol. The maximum absolute atomic E-state index is 11.8. The molecule has 4 nitrogen and oxygen atoms in total. The van der Waals surface area contributed by atoms with Crippen LogP contribution in [-0.4, -0.2) is 34.7 Å². The maximum atomic E-state index is 11.8. The molecule has 0 bridgehead atoms. The van der Waals surface area contributed by atoms with E-state index >= 15 is 0 Å². The van der Waals surface area contributed by atoms with Crippen molar-refractivity contribution in [2.45, 2.75) is 0 Å². The Balaban J connectivity index is 0.00000162. The van der Waals surface area contributed by atoms with Gasteiger partial charge in [0.2, 0.25) is 0 Å². The van der Waals surface area contributed by atoms with Crippen LogP contribution < -0.4 is 0 Å². The average Bonchev–Trinajstić information content (AvgIpc) is 2.75. The van der Waals surface area contributed by atoms with Crippen molar-refractivity contribution < 1.29 is 4.79 Å². The summed E-state index contributed by atoms with van der Waals surface area (Å²) in [6.07, 6.45) is 3.72. The van der Waals surface area contributed by atoms with E-state index in [1.165, 1.54) is 0 Å². The molecule has 1 amide bonds. The molecule has 0 N–H and O–H groups in total. The lowest BCUT2D eigenvalue weighted by molar-refractivity contribution is 0.0827. The van der Waals surface area contributed by atoms with E-state index in [0.717, 1.165) is 11.1 Å². The maximum Gasteiger partial charge on any atom is 0.253 e. The molecule has 0 atom stereocenters. The first kappa shape index (κ1) is 14.3. The van der Waals surface area contributed by atoms with Gasteiger partial charge in [-0.15, -0.1) is 12.4 Å². The number of rotatable bonds is 2. The molecule has 96 valence electrons. The molecule has 5 heteroatoms. The van der Waals surface area contributed by atoms with Gasteiger partial charge in [-0.2, -0.15) is 5.10 Å². The van der Waals surface area contributed by atoms with Crippen LogP contribution in [0, 0.1) is 0 Å². The predicted molar refractivity (Wildman–Crippen MR) is 73.9 cm³/mol. The van der Waals surface area contributed by atoms with Crippen molar-refractivity contribution in [3.05, 3.63) is 42.2 Å². The SMILES string of the molecule is CN(C)C(=O)c1cccc(-c2cnn(C)c2)c1.Cl. The van der Waals surface area contributed by atoms with Crippen molar-refractivity contribution >= 4 is 18.3 Å². The number of carbonyl (C=O) groups is 1. The second-order valence-corrected chi connectivity index (χ2v) is 4.18. The molecule has 2 rings (SSSR count). The number of aryl methyl sites for hydroxylation is 1. The lowest BCUT2D eigenvalue weighted by atomic mass is 10.1. The Morgan fingerprint density at radius 1 is 1.28 bits per heavy atom. The van der Waals surface area contributed by atoms with E-state index < -0.39 is 0 Å². The number of aromatic nitrogens is 2. The molecule has 1 aromatic heterocycles. The van der Waals surface area contributed by atoms with E-state index in [0.29, 0.717) is 5.56 Å². The van der Waals surface area contributed by atoms with Gasteiger partial charge in [-0.1, -0.05) is 12.1 Å². The van der Waals surface area contributed by atoms with Crippen LogP contribution in [0.15, 0.2) is 36.7 Å². The highest BCUT2D eigenvalue weighted by atomic mass is 35.5. The van der Waals surface area contributed by atoms with E-state index in [1.54, 1.807) is 29.9 Å². The molecule has 0 spiro atoms. The second-order valence-electron chi connectivity index (χ2n) is 4.18. The molecule has 0 saturated heterocycles. The van der Waals surface area contributed by atoms with Crippen LogP contribution in [0.1, 0.15) is 10.4 Å². The number of nitrogens with zero attached hydrogens (tertiary/aromatic N) is 3. The smallest absolute Gasteiger partial charge is 0.253 e. The standard InChI is InChI=1S/C13H15N3O.ClH/c1-15(2)13(17)11-6-4-5-10(7-11)12-8-14-16(3)9-12;/h4-9H,1-3H3;1H. The third-order valence-corrected chi connectivity index (χ3v) is 2.55. The minimum absolute atomic E-state index is 0. The first-order valence-corrected chi connectivity index (χ1v) is 5.38. The fourth-order valence-corrected chi connectivity index (χ4v) is 1.66. The molecule has 0 radical (unpaired) electrons. The predicted octanol–water partition coefficient (Wildman–Crippen LogP) is 2.21. The van der Waals surface area contributed by atoms with Crippen LogP contribution in [0.5, 0.6) is 0 Å². The van der Waals surface area contributed by atoms with Crippen molar-refractivity contribution in [3.8, 4) is 11.1 Å². The fraction of sp³-hybridized carbons (Fsp3) is 0.231. The van der Waals surface area contributed by atoms with Crippen molar-refractivity contribution in [1.82, 2.24) is 14.7 Å². The second kappa shape index (κ2) is 5.69. The molecule has 0 aliphatic rings. The lowest BCUT2D eigenvalue weighted by Crippen LogP contribution is -2.21. The first-order chi connectivity index (χ1) is 8.08.